The summed E-state index contributed by atoms with van der Waals surface area (Å²) >= 11 is 0. The average Bonchev–Trinajstić information content (AvgIpc) is 3.34. The zero-order chi connectivity index (χ0) is 26.0. The maximum atomic E-state index is 13.3. The number of esters is 1. The number of hydrogen-bond donors (Lipinski definition) is 1. The van der Waals surface area contributed by atoms with Gasteiger partial charge in [-0.15, -0.1) is 0 Å². The molecule has 1 aromatic carbocycles. The number of aryl methyl sites for hydroxylation is 1. The highest BCUT2D eigenvalue weighted by molar-refractivity contribution is 6.00. The van der Waals surface area contributed by atoms with E-state index in [2.05, 4.69) is 5.32 Å². The Morgan fingerprint density at radius 1 is 1.11 bits per heavy atom. The molecule has 1 unspecified atom stereocenters. The lowest BCUT2D eigenvalue weighted by molar-refractivity contribution is -0.151. The number of likely N-dealkylation sites (tertiary alicyclic amines) is 1. The second-order valence-corrected chi connectivity index (χ2v) is 9.43. The van der Waals surface area contributed by atoms with E-state index in [1.165, 1.54) is 6.20 Å². The second-order valence-electron chi connectivity index (χ2n) is 9.43. The largest absolute Gasteiger partial charge is 0.466 e. The van der Waals surface area contributed by atoms with Crippen LogP contribution in [0.4, 0.5) is 0 Å². The molecule has 10 nitrogen and oxygen atoms in total. The molecule has 0 aliphatic carbocycles. The Morgan fingerprint density at radius 3 is 2.39 bits per heavy atom. The van der Waals surface area contributed by atoms with Gasteiger partial charge in [0.2, 0.25) is 18.1 Å². The van der Waals surface area contributed by atoms with Gasteiger partial charge in [0.25, 0.3) is 5.91 Å². The molecule has 194 valence electrons. The molecule has 3 heterocycles. The van der Waals surface area contributed by atoms with Crippen LogP contribution in [0.25, 0.3) is 10.9 Å². The van der Waals surface area contributed by atoms with Gasteiger partial charge in [-0.1, -0.05) is 13.8 Å². The number of carbonyl (C=O) groups is 3. The smallest absolute Gasteiger partial charge is 0.309 e. The van der Waals surface area contributed by atoms with E-state index >= 15 is 0 Å². The van der Waals surface area contributed by atoms with E-state index in [1.807, 2.05) is 20.8 Å². The van der Waals surface area contributed by atoms with Gasteiger partial charge in [0.1, 0.15) is 11.6 Å². The van der Waals surface area contributed by atoms with Crippen LogP contribution in [0.3, 0.4) is 0 Å². The fourth-order valence-electron chi connectivity index (χ4n) is 4.73. The Morgan fingerprint density at radius 2 is 1.78 bits per heavy atom. The molecule has 2 amide bonds. The van der Waals surface area contributed by atoms with Gasteiger partial charge in [-0.05, 0) is 38.7 Å². The Labute approximate surface area is 209 Å². The highest BCUT2D eigenvalue weighted by Gasteiger charge is 2.34. The molecule has 2 aromatic rings. The molecule has 0 radical (unpaired) electrons. The number of carbonyl (C=O) groups excluding carboxylic acids is 3. The van der Waals surface area contributed by atoms with Gasteiger partial charge in [-0.2, -0.15) is 0 Å². The summed E-state index contributed by atoms with van der Waals surface area (Å²) < 4.78 is 17.8. The van der Waals surface area contributed by atoms with Crippen LogP contribution in [0.1, 0.15) is 50.9 Å². The van der Waals surface area contributed by atoms with Gasteiger partial charge in [0.05, 0.1) is 23.4 Å². The Balaban J connectivity index is 1.54. The molecule has 1 aromatic heterocycles. The number of ether oxygens (including phenoxy) is 3. The molecular weight excluding hydrogens is 466 g/mol. The van der Waals surface area contributed by atoms with Crippen molar-refractivity contribution in [3.63, 3.8) is 0 Å². The predicted molar refractivity (Wildman–Crippen MR) is 132 cm³/mol. The van der Waals surface area contributed by atoms with Crippen LogP contribution in [-0.2, 0) is 20.9 Å². The number of amides is 2. The summed E-state index contributed by atoms with van der Waals surface area (Å²) in [6, 6.07) is 2.53. The molecule has 0 spiro atoms. The number of hydrogen-bond acceptors (Lipinski definition) is 7. The fraction of sp³-hybridized carbons (Fsp3) is 0.538. The van der Waals surface area contributed by atoms with Crippen molar-refractivity contribution in [3.05, 3.63) is 34.1 Å². The number of aromatic nitrogens is 1. The summed E-state index contributed by atoms with van der Waals surface area (Å²) in [7, 11) is 0. The monoisotopic (exact) mass is 499 g/mol. The van der Waals surface area contributed by atoms with Gasteiger partial charge in [-0.25, -0.2) is 0 Å². The Bertz CT molecular complexity index is 1230. The molecule has 2 aliphatic rings. The number of rotatable bonds is 7. The Kier molecular flexibility index (Phi) is 7.51. The van der Waals surface area contributed by atoms with Crippen molar-refractivity contribution >= 4 is 28.7 Å². The quantitative estimate of drug-likeness (QED) is 0.581. The number of pyridine rings is 1. The van der Waals surface area contributed by atoms with E-state index in [0.29, 0.717) is 61.5 Å². The molecule has 1 atom stereocenters. The number of nitrogens with zero attached hydrogens (tertiary/aromatic N) is 2. The van der Waals surface area contributed by atoms with Crippen LogP contribution in [-0.4, -0.2) is 59.8 Å². The normalized spacial score (nSPS) is 16.3. The first-order valence-corrected chi connectivity index (χ1v) is 12.5. The maximum absolute atomic E-state index is 13.3. The maximum Gasteiger partial charge on any atom is 0.309 e. The fourth-order valence-corrected chi connectivity index (χ4v) is 4.73. The average molecular weight is 500 g/mol. The third-order valence-electron chi connectivity index (χ3n) is 6.81. The summed E-state index contributed by atoms with van der Waals surface area (Å²) in [6.45, 7) is 9.13. The first-order valence-electron chi connectivity index (χ1n) is 12.5. The summed E-state index contributed by atoms with van der Waals surface area (Å²) in [4.78, 5) is 53.7. The first kappa shape index (κ1) is 25.5. The third kappa shape index (κ3) is 4.89. The molecule has 36 heavy (non-hydrogen) atoms. The molecular formula is C26H33N3O7. The topological polar surface area (TPSA) is 116 Å². The highest BCUT2D eigenvalue weighted by atomic mass is 16.7. The third-order valence-corrected chi connectivity index (χ3v) is 6.81. The standard InChI is InChI=1S/C26H33N3O7/c1-5-28-13-18(23(30)17-11-20-21(12-19(17)28)36-14-35-20)24(31)27-22(15(3)4)25(32)29-9-7-16(8-10-29)26(33)34-6-2/h11-13,15-16,22H,5-10,14H2,1-4H3,(H,27,31). The lowest BCUT2D eigenvalue weighted by atomic mass is 9.95. The molecule has 0 saturated carbocycles. The lowest BCUT2D eigenvalue weighted by Crippen LogP contribution is -2.53. The van der Waals surface area contributed by atoms with Gasteiger partial charge >= 0.3 is 5.97 Å². The van der Waals surface area contributed by atoms with E-state index < -0.39 is 17.4 Å². The second kappa shape index (κ2) is 10.6. The lowest BCUT2D eigenvalue weighted by Gasteiger charge is -2.34. The predicted octanol–water partition coefficient (Wildman–Crippen LogP) is 2.31. The van der Waals surface area contributed by atoms with Gasteiger partial charge in [-0.3, -0.25) is 19.2 Å². The van der Waals surface area contributed by atoms with Gasteiger partial charge < -0.3 is 29.0 Å². The first-order chi connectivity index (χ1) is 17.2. The van der Waals surface area contributed by atoms with E-state index in [-0.39, 0.29) is 36.1 Å². The zero-order valence-corrected chi connectivity index (χ0v) is 21.2. The van der Waals surface area contributed by atoms with E-state index in [1.54, 1.807) is 28.5 Å². The number of piperidine rings is 1. The summed E-state index contributed by atoms with van der Waals surface area (Å²) in [5.74, 6) is -0.464. The molecule has 2 aliphatic heterocycles. The van der Waals surface area contributed by atoms with Crippen LogP contribution in [0.15, 0.2) is 23.1 Å². The van der Waals surface area contributed by atoms with E-state index in [4.69, 9.17) is 14.2 Å². The van der Waals surface area contributed by atoms with Gasteiger partial charge in [0, 0.05) is 31.9 Å². The highest BCUT2D eigenvalue weighted by Crippen LogP contribution is 2.35. The summed E-state index contributed by atoms with van der Waals surface area (Å²) in [5, 5.41) is 3.15. The minimum absolute atomic E-state index is 0.0392. The molecule has 0 bridgehead atoms. The van der Waals surface area contributed by atoms with Crippen molar-refractivity contribution < 1.29 is 28.6 Å². The van der Waals surface area contributed by atoms with Crippen LogP contribution >= 0.6 is 0 Å². The van der Waals surface area contributed by atoms with Crippen LogP contribution in [0, 0.1) is 11.8 Å². The van der Waals surface area contributed by atoms with E-state index in [0.717, 1.165) is 0 Å². The van der Waals surface area contributed by atoms with Crippen molar-refractivity contribution in [1.29, 1.82) is 0 Å². The summed E-state index contributed by atoms with van der Waals surface area (Å²) in [6.07, 6.45) is 2.56. The Hall–Kier alpha value is -3.56. The van der Waals surface area contributed by atoms with Crippen molar-refractivity contribution in [3.8, 4) is 11.5 Å². The zero-order valence-electron chi connectivity index (χ0n) is 21.2. The molecule has 1 fully saturated rings. The SMILES string of the molecule is CCOC(=O)C1CCN(C(=O)C(NC(=O)c2cn(CC)c3cc4c(cc3c2=O)OCO4)C(C)C)CC1. The molecule has 1 N–H and O–H groups in total. The molecule has 4 rings (SSSR count). The number of fused-ring (bicyclic) bond motifs is 2. The van der Waals surface area contributed by atoms with E-state index in [9.17, 15) is 19.2 Å². The van der Waals surface area contributed by atoms with Crippen molar-refractivity contribution in [2.24, 2.45) is 11.8 Å². The minimum Gasteiger partial charge on any atom is -0.466 e. The molecule has 10 heteroatoms. The van der Waals surface area contributed by atoms with Crippen LogP contribution in [0.5, 0.6) is 11.5 Å². The van der Waals surface area contributed by atoms with Crippen LogP contribution in [0.2, 0.25) is 0 Å². The van der Waals surface area contributed by atoms with Crippen molar-refractivity contribution in [1.82, 2.24) is 14.8 Å². The number of nitrogens with one attached hydrogen (secondary N) is 1. The van der Waals surface area contributed by atoms with Crippen molar-refractivity contribution in [2.75, 3.05) is 26.5 Å². The van der Waals surface area contributed by atoms with Gasteiger partial charge in [0.15, 0.2) is 11.5 Å². The van der Waals surface area contributed by atoms with Crippen LogP contribution < -0.4 is 20.2 Å². The molecule has 1 saturated heterocycles. The minimum atomic E-state index is -0.807. The number of benzene rings is 1. The summed E-state index contributed by atoms with van der Waals surface area (Å²) in [5.41, 5.74) is 0.169. The van der Waals surface area contributed by atoms with Crippen molar-refractivity contribution in [2.45, 2.75) is 53.1 Å².